The van der Waals surface area contributed by atoms with Crippen molar-refractivity contribution in [2.75, 3.05) is 11.9 Å². The number of nitrogens with zero attached hydrogens (tertiary/aromatic N) is 7. The van der Waals surface area contributed by atoms with Gasteiger partial charge in [-0.05, 0) is 19.1 Å². The number of aryl methyl sites for hydroxylation is 1. The molecule has 9 nitrogen and oxygen atoms in total. The normalized spacial score (nSPS) is 12.3. The van der Waals surface area contributed by atoms with Gasteiger partial charge in [0, 0.05) is 36.4 Å². The van der Waals surface area contributed by atoms with Gasteiger partial charge in [-0.3, -0.25) is 4.68 Å². The molecule has 0 saturated carbocycles. The first-order valence-corrected chi connectivity index (χ1v) is 9.19. The highest BCUT2D eigenvalue weighted by Crippen LogP contribution is 2.27. The second kappa shape index (κ2) is 7.17. The minimum absolute atomic E-state index is 0.292. The standard InChI is InChI=1S/C19H18ClN7O2/c1-11(18(28)29)26(3)19-23-17-16(13-8-21-25(2)9-13)22-15(10-27(17)24-19)12-4-6-14(20)7-5-12/h4-11H,1-3H3,(H,28,29)/t11-/m0/s1. The van der Waals surface area contributed by atoms with Crippen molar-refractivity contribution in [2.45, 2.75) is 13.0 Å². The Bertz CT molecular complexity index is 1200. The Morgan fingerprint density at radius 2 is 1.90 bits per heavy atom. The topological polar surface area (TPSA) is 101 Å². The number of hydrogen-bond donors (Lipinski definition) is 1. The molecule has 10 heteroatoms. The lowest BCUT2D eigenvalue weighted by molar-refractivity contribution is -0.138. The molecule has 0 aliphatic heterocycles. The van der Waals surface area contributed by atoms with Crippen LogP contribution >= 0.6 is 11.6 Å². The van der Waals surface area contributed by atoms with Crippen LogP contribution in [0.15, 0.2) is 42.9 Å². The molecular formula is C19H18ClN7O2. The van der Waals surface area contributed by atoms with Crippen molar-refractivity contribution in [3.63, 3.8) is 0 Å². The number of aromatic nitrogens is 6. The van der Waals surface area contributed by atoms with Crippen molar-refractivity contribution in [1.82, 2.24) is 29.4 Å². The fraction of sp³-hybridized carbons (Fsp3) is 0.211. The lowest BCUT2D eigenvalue weighted by Crippen LogP contribution is -2.36. The van der Waals surface area contributed by atoms with Crippen molar-refractivity contribution in [1.29, 1.82) is 0 Å². The summed E-state index contributed by atoms with van der Waals surface area (Å²) in [5.74, 6) is -0.668. The summed E-state index contributed by atoms with van der Waals surface area (Å²) in [5.41, 5.74) is 3.43. The number of anilines is 1. The summed E-state index contributed by atoms with van der Waals surface area (Å²) in [7, 11) is 3.46. The van der Waals surface area contributed by atoms with E-state index in [0.717, 1.165) is 11.1 Å². The minimum atomic E-state index is -0.959. The third-order valence-electron chi connectivity index (χ3n) is 4.68. The zero-order chi connectivity index (χ0) is 20.7. The van der Waals surface area contributed by atoms with E-state index in [4.69, 9.17) is 16.6 Å². The number of benzene rings is 1. The van der Waals surface area contributed by atoms with Crippen LogP contribution in [0.1, 0.15) is 6.92 Å². The second-order valence-corrected chi connectivity index (χ2v) is 7.13. The molecule has 3 aromatic heterocycles. The summed E-state index contributed by atoms with van der Waals surface area (Å²) in [5, 5.41) is 18.6. The largest absolute Gasteiger partial charge is 0.480 e. The molecule has 0 spiro atoms. The highest BCUT2D eigenvalue weighted by molar-refractivity contribution is 6.30. The molecule has 4 rings (SSSR count). The fourth-order valence-corrected chi connectivity index (χ4v) is 2.99. The van der Waals surface area contributed by atoms with E-state index in [2.05, 4.69) is 15.2 Å². The van der Waals surface area contributed by atoms with E-state index in [0.29, 0.717) is 28.0 Å². The van der Waals surface area contributed by atoms with E-state index in [-0.39, 0.29) is 0 Å². The van der Waals surface area contributed by atoms with Crippen LogP contribution in [-0.2, 0) is 11.8 Å². The smallest absolute Gasteiger partial charge is 0.326 e. The highest BCUT2D eigenvalue weighted by atomic mass is 35.5. The molecule has 0 aliphatic carbocycles. The summed E-state index contributed by atoms with van der Waals surface area (Å²) in [6.45, 7) is 1.58. The lowest BCUT2D eigenvalue weighted by atomic mass is 10.1. The van der Waals surface area contributed by atoms with E-state index in [1.807, 2.05) is 25.4 Å². The Morgan fingerprint density at radius 3 is 2.52 bits per heavy atom. The predicted molar refractivity (Wildman–Crippen MR) is 109 cm³/mol. The van der Waals surface area contributed by atoms with Crippen LogP contribution < -0.4 is 4.90 Å². The Labute approximate surface area is 171 Å². The molecule has 0 unspecified atom stereocenters. The Balaban J connectivity index is 1.91. The first-order valence-electron chi connectivity index (χ1n) is 8.81. The summed E-state index contributed by atoms with van der Waals surface area (Å²) >= 11 is 6.00. The van der Waals surface area contributed by atoms with Gasteiger partial charge in [0.1, 0.15) is 11.7 Å². The van der Waals surface area contributed by atoms with Crippen molar-refractivity contribution in [3.05, 3.63) is 47.9 Å². The minimum Gasteiger partial charge on any atom is -0.480 e. The molecule has 0 amide bonds. The van der Waals surface area contributed by atoms with Gasteiger partial charge in [-0.1, -0.05) is 23.7 Å². The predicted octanol–water partition coefficient (Wildman–Crippen LogP) is 2.75. The van der Waals surface area contributed by atoms with Crippen LogP contribution in [0.4, 0.5) is 5.95 Å². The third kappa shape index (κ3) is 3.52. The Kier molecular flexibility index (Phi) is 4.67. The van der Waals surface area contributed by atoms with Crippen LogP contribution in [0.25, 0.3) is 28.2 Å². The SMILES string of the molecule is C[C@@H](C(=O)O)N(C)c1nc2c(-c3cnn(C)c3)nc(-c3ccc(Cl)cc3)cn2n1. The Morgan fingerprint density at radius 1 is 1.17 bits per heavy atom. The number of halogens is 1. The number of fused-ring (bicyclic) bond motifs is 1. The maximum atomic E-state index is 11.3. The molecule has 0 radical (unpaired) electrons. The van der Waals surface area contributed by atoms with Crippen LogP contribution in [0, 0.1) is 0 Å². The molecule has 0 bridgehead atoms. The van der Waals surface area contributed by atoms with E-state index >= 15 is 0 Å². The molecular weight excluding hydrogens is 394 g/mol. The van der Waals surface area contributed by atoms with Crippen molar-refractivity contribution >= 4 is 29.2 Å². The third-order valence-corrected chi connectivity index (χ3v) is 4.93. The zero-order valence-corrected chi connectivity index (χ0v) is 16.7. The molecule has 4 aromatic rings. The number of carbonyl (C=O) groups is 1. The van der Waals surface area contributed by atoms with Gasteiger partial charge in [0.25, 0.3) is 0 Å². The Hall–Kier alpha value is -3.46. The van der Waals surface area contributed by atoms with Gasteiger partial charge in [-0.2, -0.15) is 10.1 Å². The average molecular weight is 412 g/mol. The molecule has 1 atom stereocenters. The van der Waals surface area contributed by atoms with Gasteiger partial charge < -0.3 is 10.0 Å². The van der Waals surface area contributed by atoms with E-state index in [1.54, 1.807) is 47.7 Å². The number of hydrogen-bond acceptors (Lipinski definition) is 6. The number of carboxylic acid groups (broad SMARTS) is 1. The van der Waals surface area contributed by atoms with Crippen molar-refractivity contribution < 1.29 is 9.90 Å². The first-order chi connectivity index (χ1) is 13.8. The van der Waals surface area contributed by atoms with Crippen LogP contribution in [0.3, 0.4) is 0 Å². The summed E-state index contributed by atoms with van der Waals surface area (Å²) < 4.78 is 3.29. The van der Waals surface area contributed by atoms with Gasteiger partial charge in [0.05, 0.1) is 18.1 Å². The monoisotopic (exact) mass is 411 g/mol. The van der Waals surface area contributed by atoms with Crippen LogP contribution in [0.5, 0.6) is 0 Å². The maximum absolute atomic E-state index is 11.3. The van der Waals surface area contributed by atoms with Gasteiger partial charge >= 0.3 is 5.97 Å². The lowest BCUT2D eigenvalue weighted by Gasteiger charge is -2.18. The van der Waals surface area contributed by atoms with Gasteiger partial charge in [0.15, 0.2) is 5.65 Å². The number of aliphatic carboxylic acids is 1. The molecule has 1 aromatic carbocycles. The molecule has 0 aliphatic rings. The van der Waals surface area contributed by atoms with Crippen molar-refractivity contribution in [2.24, 2.45) is 7.05 Å². The number of likely N-dealkylation sites (N-methyl/N-ethyl adjacent to an activating group) is 1. The average Bonchev–Trinajstić information content (AvgIpc) is 3.32. The summed E-state index contributed by atoms with van der Waals surface area (Å²) in [6.07, 6.45) is 5.30. The molecule has 3 heterocycles. The summed E-state index contributed by atoms with van der Waals surface area (Å²) in [6, 6.07) is 6.56. The summed E-state index contributed by atoms with van der Waals surface area (Å²) in [4.78, 5) is 22.2. The second-order valence-electron chi connectivity index (χ2n) is 6.69. The maximum Gasteiger partial charge on any atom is 0.326 e. The van der Waals surface area contributed by atoms with Crippen molar-refractivity contribution in [3.8, 4) is 22.5 Å². The highest BCUT2D eigenvalue weighted by Gasteiger charge is 2.23. The van der Waals surface area contributed by atoms with Gasteiger partial charge in [-0.25, -0.2) is 14.3 Å². The van der Waals surface area contributed by atoms with E-state index in [9.17, 15) is 9.90 Å². The number of carboxylic acids is 1. The molecule has 1 N–H and O–H groups in total. The van der Waals surface area contributed by atoms with Gasteiger partial charge in [-0.15, -0.1) is 5.10 Å². The molecule has 148 valence electrons. The molecule has 29 heavy (non-hydrogen) atoms. The molecule has 0 fully saturated rings. The van der Waals surface area contributed by atoms with Crippen LogP contribution in [-0.4, -0.2) is 53.5 Å². The number of rotatable bonds is 5. The zero-order valence-electron chi connectivity index (χ0n) is 16.0. The van der Waals surface area contributed by atoms with Gasteiger partial charge in [0.2, 0.25) is 5.95 Å². The first kappa shape index (κ1) is 18.9. The van der Waals surface area contributed by atoms with E-state index in [1.165, 1.54) is 4.90 Å². The van der Waals surface area contributed by atoms with Crippen LogP contribution in [0.2, 0.25) is 5.02 Å². The molecule has 0 saturated heterocycles. The fourth-order valence-electron chi connectivity index (χ4n) is 2.86. The van der Waals surface area contributed by atoms with E-state index < -0.39 is 12.0 Å². The quantitative estimate of drug-likeness (QED) is 0.538.